The number of nitrogens with zero attached hydrogens (tertiary/aromatic N) is 1. The van der Waals surface area contributed by atoms with Gasteiger partial charge in [0, 0.05) is 24.8 Å². The van der Waals surface area contributed by atoms with E-state index in [0.717, 1.165) is 5.56 Å². The van der Waals surface area contributed by atoms with Crippen molar-refractivity contribution < 1.29 is 18.8 Å². The molecule has 0 radical (unpaired) electrons. The van der Waals surface area contributed by atoms with Crippen LogP contribution < -0.4 is 10.1 Å². The number of amides is 1. The Morgan fingerprint density at radius 1 is 1.18 bits per heavy atom. The van der Waals surface area contributed by atoms with Crippen LogP contribution in [0.1, 0.15) is 27.8 Å². The summed E-state index contributed by atoms with van der Waals surface area (Å²) < 4.78 is 16.2. The Morgan fingerprint density at radius 3 is 2.61 bits per heavy atom. The van der Waals surface area contributed by atoms with E-state index in [1.165, 1.54) is 0 Å². The molecule has 3 rings (SSSR count). The molecule has 2 aromatic carbocycles. The van der Waals surface area contributed by atoms with Gasteiger partial charge in [-0.2, -0.15) is 0 Å². The van der Waals surface area contributed by atoms with Gasteiger partial charge in [-0.15, -0.1) is 0 Å². The predicted molar refractivity (Wildman–Crippen MR) is 107 cm³/mol. The molecule has 0 spiro atoms. The van der Waals surface area contributed by atoms with Crippen molar-refractivity contribution in [3.05, 3.63) is 70.4 Å². The Balaban J connectivity index is 1.82. The average molecular weight is 401 g/mol. The van der Waals surface area contributed by atoms with Crippen LogP contribution in [0.15, 0.2) is 53.1 Å². The molecular weight excluding hydrogens is 380 g/mol. The molecule has 146 valence electrons. The second-order valence-electron chi connectivity index (χ2n) is 6.12. The van der Waals surface area contributed by atoms with Crippen LogP contribution >= 0.6 is 11.6 Å². The number of nitrogens with one attached hydrogen (secondary N) is 1. The van der Waals surface area contributed by atoms with E-state index in [1.807, 2.05) is 36.4 Å². The van der Waals surface area contributed by atoms with Crippen molar-refractivity contribution in [1.29, 1.82) is 0 Å². The smallest absolute Gasteiger partial charge is 0.257 e. The Kier molecular flexibility index (Phi) is 6.34. The second kappa shape index (κ2) is 8.91. The monoisotopic (exact) mass is 400 g/mol. The quantitative estimate of drug-likeness (QED) is 0.635. The van der Waals surface area contributed by atoms with E-state index in [2.05, 4.69) is 10.5 Å². The summed E-state index contributed by atoms with van der Waals surface area (Å²) in [6.07, 6.45) is -0.371. The summed E-state index contributed by atoms with van der Waals surface area (Å²) in [5.74, 6) is 0.797. The molecule has 0 aliphatic carbocycles. The first kappa shape index (κ1) is 19.9. The number of aromatic nitrogens is 1. The zero-order valence-electron chi connectivity index (χ0n) is 15.9. The largest absolute Gasteiger partial charge is 0.496 e. The third kappa shape index (κ3) is 4.03. The second-order valence-corrected chi connectivity index (χ2v) is 6.53. The number of carbonyl (C=O) groups excluding carboxylic acids is 1. The summed E-state index contributed by atoms with van der Waals surface area (Å²) in [6.45, 7) is 1.94. The van der Waals surface area contributed by atoms with E-state index < -0.39 is 0 Å². The molecule has 0 aliphatic rings. The summed E-state index contributed by atoms with van der Waals surface area (Å²) in [7, 11) is 3.18. The lowest BCUT2D eigenvalue weighted by Gasteiger charge is -2.19. The molecule has 0 fully saturated rings. The molecule has 1 atom stereocenters. The normalized spacial score (nSPS) is 11.9. The molecule has 0 aliphatic heterocycles. The van der Waals surface area contributed by atoms with Gasteiger partial charge in [0.15, 0.2) is 0 Å². The van der Waals surface area contributed by atoms with E-state index in [1.54, 1.807) is 33.3 Å². The molecule has 0 saturated heterocycles. The van der Waals surface area contributed by atoms with Crippen LogP contribution in [0, 0.1) is 6.92 Å². The van der Waals surface area contributed by atoms with Crippen molar-refractivity contribution in [1.82, 2.24) is 10.5 Å². The first-order valence-electron chi connectivity index (χ1n) is 8.71. The molecule has 1 amide bonds. The van der Waals surface area contributed by atoms with Gasteiger partial charge in [0.05, 0.1) is 12.1 Å². The molecule has 7 heteroatoms. The maximum atomic E-state index is 12.9. The summed E-state index contributed by atoms with van der Waals surface area (Å²) in [5.41, 5.74) is 2.25. The lowest BCUT2D eigenvalue weighted by molar-refractivity contribution is 0.0818. The highest BCUT2D eigenvalue weighted by atomic mass is 35.5. The van der Waals surface area contributed by atoms with Gasteiger partial charge in [-0.1, -0.05) is 53.2 Å². The number of methoxy groups -OCH3 is 2. The number of halogens is 1. The number of ether oxygens (including phenoxy) is 2. The molecule has 1 aromatic heterocycles. The van der Waals surface area contributed by atoms with Crippen LogP contribution in [-0.2, 0) is 4.74 Å². The SMILES string of the molecule is COc1ccccc1C(CNC(=O)c1c(-c2ccccc2Cl)noc1C)OC. The molecule has 1 heterocycles. The molecule has 0 saturated carbocycles. The van der Waals surface area contributed by atoms with Gasteiger partial charge in [-0.05, 0) is 19.1 Å². The molecule has 0 bridgehead atoms. The minimum atomic E-state index is -0.371. The number of aryl methyl sites for hydroxylation is 1. The van der Waals surface area contributed by atoms with Crippen LogP contribution in [0.3, 0.4) is 0 Å². The predicted octanol–water partition coefficient (Wildman–Crippen LogP) is 4.43. The minimum absolute atomic E-state index is 0.252. The highest BCUT2D eigenvalue weighted by Crippen LogP contribution is 2.31. The number of para-hydroxylation sites is 1. The fourth-order valence-corrected chi connectivity index (χ4v) is 3.23. The first-order valence-corrected chi connectivity index (χ1v) is 9.09. The topological polar surface area (TPSA) is 73.6 Å². The summed E-state index contributed by atoms with van der Waals surface area (Å²) in [6, 6.07) is 14.7. The summed E-state index contributed by atoms with van der Waals surface area (Å²) in [5, 5.41) is 7.42. The third-order valence-electron chi connectivity index (χ3n) is 4.44. The number of hydrogen-bond donors (Lipinski definition) is 1. The number of hydrogen-bond acceptors (Lipinski definition) is 5. The van der Waals surface area contributed by atoms with Crippen molar-refractivity contribution in [3.63, 3.8) is 0 Å². The van der Waals surface area contributed by atoms with E-state index in [4.69, 9.17) is 25.6 Å². The zero-order chi connectivity index (χ0) is 20.1. The molecule has 3 aromatic rings. The lowest BCUT2D eigenvalue weighted by atomic mass is 10.0. The zero-order valence-corrected chi connectivity index (χ0v) is 16.6. The Hall–Kier alpha value is -2.83. The fourth-order valence-electron chi connectivity index (χ4n) is 3.00. The van der Waals surface area contributed by atoms with E-state index in [9.17, 15) is 4.79 Å². The summed E-state index contributed by atoms with van der Waals surface area (Å²) >= 11 is 6.26. The maximum Gasteiger partial charge on any atom is 0.257 e. The van der Waals surface area contributed by atoms with Crippen molar-refractivity contribution in [2.75, 3.05) is 20.8 Å². The van der Waals surface area contributed by atoms with Crippen LogP contribution in [0.5, 0.6) is 5.75 Å². The van der Waals surface area contributed by atoms with Gasteiger partial charge >= 0.3 is 0 Å². The highest BCUT2D eigenvalue weighted by Gasteiger charge is 2.24. The van der Waals surface area contributed by atoms with E-state index in [-0.39, 0.29) is 18.6 Å². The van der Waals surface area contributed by atoms with E-state index >= 15 is 0 Å². The van der Waals surface area contributed by atoms with Gasteiger partial charge in [-0.25, -0.2) is 0 Å². The minimum Gasteiger partial charge on any atom is -0.496 e. The third-order valence-corrected chi connectivity index (χ3v) is 4.77. The fraction of sp³-hybridized carbons (Fsp3) is 0.238. The Bertz CT molecular complexity index is 971. The van der Waals surface area contributed by atoms with Crippen LogP contribution in [0.25, 0.3) is 11.3 Å². The van der Waals surface area contributed by atoms with Gasteiger partial charge in [0.25, 0.3) is 5.91 Å². The van der Waals surface area contributed by atoms with Crippen LogP contribution in [0.4, 0.5) is 0 Å². The van der Waals surface area contributed by atoms with Gasteiger partial charge in [0.2, 0.25) is 0 Å². The summed E-state index contributed by atoms with van der Waals surface area (Å²) in [4.78, 5) is 12.9. The van der Waals surface area contributed by atoms with Crippen molar-refractivity contribution in [2.45, 2.75) is 13.0 Å². The molecule has 1 N–H and O–H groups in total. The Labute approximate surface area is 168 Å². The van der Waals surface area contributed by atoms with Crippen molar-refractivity contribution in [2.24, 2.45) is 0 Å². The lowest BCUT2D eigenvalue weighted by Crippen LogP contribution is -2.30. The average Bonchev–Trinajstić information content (AvgIpc) is 3.10. The van der Waals surface area contributed by atoms with Crippen LogP contribution in [-0.4, -0.2) is 31.8 Å². The van der Waals surface area contributed by atoms with E-state index in [0.29, 0.717) is 33.4 Å². The molecular formula is C21H21ClN2O4. The molecule has 1 unspecified atom stereocenters. The maximum absolute atomic E-state index is 12.9. The van der Waals surface area contributed by atoms with Crippen molar-refractivity contribution >= 4 is 17.5 Å². The standard InChI is InChI=1S/C21H21ClN2O4/c1-13-19(20(24-28-13)14-8-4-6-10-16(14)22)21(25)23-12-18(27-3)15-9-5-7-11-17(15)26-2/h4-11,18H,12H2,1-3H3,(H,23,25). The molecule has 6 nitrogen and oxygen atoms in total. The highest BCUT2D eigenvalue weighted by molar-refractivity contribution is 6.33. The van der Waals surface area contributed by atoms with Crippen molar-refractivity contribution in [3.8, 4) is 17.0 Å². The van der Waals surface area contributed by atoms with Gasteiger partial charge in [0.1, 0.15) is 28.9 Å². The van der Waals surface area contributed by atoms with Gasteiger partial charge in [-0.3, -0.25) is 4.79 Å². The first-order chi connectivity index (χ1) is 13.6. The number of benzene rings is 2. The van der Waals surface area contributed by atoms with Gasteiger partial charge < -0.3 is 19.3 Å². The Morgan fingerprint density at radius 2 is 1.89 bits per heavy atom. The number of rotatable bonds is 7. The number of carbonyl (C=O) groups is 1. The molecule has 28 heavy (non-hydrogen) atoms. The van der Waals surface area contributed by atoms with Crippen LogP contribution in [0.2, 0.25) is 5.02 Å².